The Labute approximate surface area is 158 Å². The van der Waals surface area contributed by atoms with Gasteiger partial charge in [0, 0.05) is 24.9 Å². The van der Waals surface area contributed by atoms with Crippen LogP contribution in [0.5, 0.6) is 5.75 Å². The lowest BCUT2D eigenvalue weighted by molar-refractivity contribution is -0.121. The van der Waals surface area contributed by atoms with Crippen molar-refractivity contribution in [3.63, 3.8) is 0 Å². The fourth-order valence-electron chi connectivity index (χ4n) is 2.50. The second-order valence-corrected chi connectivity index (χ2v) is 5.81. The van der Waals surface area contributed by atoms with Gasteiger partial charge in [0.15, 0.2) is 11.6 Å². The Morgan fingerprint density at radius 1 is 1.14 bits per heavy atom. The molecule has 0 radical (unpaired) electrons. The molecule has 0 fully saturated rings. The number of hydrogen-bond acceptors (Lipinski definition) is 5. The maximum absolute atomic E-state index is 14.1. The van der Waals surface area contributed by atoms with Crippen LogP contribution in [0.2, 0.25) is 0 Å². The molecule has 0 spiro atoms. The van der Waals surface area contributed by atoms with E-state index >= 15 is 0 Å². The molecule has 1 aromatic heterocycles. The van der Waals surface area contributed by atoms with Gasteiger partial charge in [0.2, 0.25) is 17.6 Å². The molecular formula is C19H16F3N3O3. The van der Waals surface area contributed by atoms with Crippen molar-refractivity contribution in [3.05, 3.63) is 65.3 Å². The number of methoxy groups -OCH3 is 1. The minimum atomic E-state index is -0.866. The molecule has 0 unspecified atom stereocenters. The van der Waals surface area contributed by atoms with E-state index in [9.17, 15) is 18.0 Å². The Balaban J connectivity index is 1.57. The minimum Gasteiger partial charge on any atom is -0.494 e. The molecule has 0 aliphatic heterocycles. The molecule has 28 heavy (non-hydrogen) atoms. The highest BCUT2D eigenvalue weighted by molar-refractivity contribution is 5.76. The van der Waals surface area contributed by atoms with Crippen LogP contribution in [0, 0.1) is 17.5 Å². The van der Waals surface area contributed by atoms with E-state index in [1.807, 2.05) is 0 Å². The largest absolute Gasteiger partial charge is 0.494 e. The van der Waals surface area contributed by atoms with E-state index in [0.29, 0.717) is 0 Å². The lowest BCUT2D eigenvalue weighted by Gasteiger charge is -2.09. The van der Waals surface area contributed by atoms with Gasteiger partial charge in [0.05, 0.1) is 12.7 Å². The lowest BCUT2D eigenvalue weighted by atomic mass is 10.1. The Kier molecular flexibility index (Phi) is 5.93. The third kappa shape index (κ3) is 4.30. The third-order valence-electron chi connectivity index (χ3n) is 3.98. The molecule has 3 rings (SSSR count). The van der Waals surface area contributed by atoms with Crippen molar-refractivity contribution in [1.82, 2.24) is 15.5 Å². The summed E-state index contributed by atoms with van der Waals surface area (Å²) >= 11 is 0. The Bertz CT molecular complexity index is 992. The van der Waals surface area contributed by atoms with Crippen LogP contribution in [0.15, 0.2) is 40.9 Å². The summed E-state index contributed by atoms with van der Waals surface area (Å²) in [5.74, 6) is -2.50. The van der Waals surface area contributed by atoms with E-state index in [1.165, 1.54) is 31.4 Å². The summed E-state index contributed by atoms with van der Waals surface area (Å²) in [5.41, 5.74) is -0.113. The van der Waals surface area contributed by atoms with Gasteiger partial charge in [-0.3, -0.25) is 4.79 Å². The first-order valence-corrected chi connectivity index (χ1v) is 8.34. The van der Waals surface area contributed by atoms with Gasteiger partial charge in [-0.15, -0.1) is 0 Å². The van der Waals surface area contributed by atoms with Crippen LogP contribution in [-0.2, 0) is 17.8 Å². The van der Waals surface area contributed by atoms with E-state index in [0.717, 1.165) is 6.07 Å². The minimum absolute atomic E-state index is 0.0495. The normalized spacial score (nSPS) is 10.7. The van der Waals surface area contributed by atoms with Gasteiger partial charge in [0.25, 0.3) is 0 Å². The highest BCUT2D eigenvalue weighted by Gasteiger charge is 2.16. The quantitative estimate of drug-likeness (QED) is 0.668. The van der Waals surface area contributed by atoms with Gasteiger partial charge in [-0.25, -0.2) is 13.2 Å². The predicted octanol–water partition coefficient (Wildman–Crippen LogP) is 3.41. The molecule has 9 heteroatoms. The first-order chi connectivity index (χ1) is 13.5. The van der Waals surface area contributed by atoms with Crippen molar-refractivity contribution in [2.45, 2.75) is 19.4 Å². The molecule has 0 aliphatic rings. The van der Waals surface area contributed by atoms with E-state index in [2.05, 4.69) is 15.5 Å². The molecule has 0 saturated carbocycles. The summed E-state index contributed by atoms with van der Waals surface area (Å²) in [6.07, 6.45) is 0.0441. The molecule has 0 aliphatic carbocycles. The summed E-state index contributed by atoms with van der Waals surface area (Å²) in [5, 5.41) is 6.12. The summed E-state index contributed by atoms with van der Waals surface area (Å²) in [4.78, 5) is 16.0. The lowest BCUT2D eigenvalue weighted by Crippen LogP contribution is -2.24. The van der Waals surface area contributed by atoms with Gasteiger partial charge in [-0.05, 0) is 24.3 Å². The third-order valence-corrected chi connectivity index (χ3v) is 3.98. The number of benzene rings is 2. The predicted molar refractivity (Wildman–Crippen MR) is 92.8 cm³/mol. The van der Waals surface area contributed by atoms with Crippen molar-refractivity contribution in [2.24, 2.45) is 0 Å². The zero-order valence-corrected chi connectivity index (χ0v) is 14.8. The molecule has 6 nitrogen and oxygen atoms in total. The van der Waals surface area contributed by atoms with Crippen LogP contribution in [0.3, 0.4) is 0 Å². The fraction of sp³-hybridized carbons (Fsp3) is 0.211. The topological polar surface area (TPSA) is 77.2 Å². The summed E-state index contributed by atoms with van der Waals surface area (Å²) < 4.78 is 51.3. The summed E-state index contributed by atoms with van der Waals surface area (Å²) in [7, 11) is 1.26. The number of aromatic nitrogens is 2. The number of carbonyl (C=O) groups is 1. The number of halogens is 3. The number of hydrogen-bond donors (Lipinski definition) is 1. The Hall–Kier alpha value is -3.36. The van der Waals surface area contributed by atoms with E-state index in [-0.39, 0.29) is 48.0 Å². The molecule has 0 saturated heterocycles. The maximum Gasteiger partial charge on any atom is 0.227 e. The second kappa shape index (κ2) is 8.55. The number of nitrogens with one attached hydrogen (secondary N) is 1. The number of nitrogens with zero attached hydrogens (tertiary/aromatic N) is 2. The standard InChI is InChI=1S/C19H16F3N3O3/c1-27-15-7-6-14(21)12(18(15)22)10-23-16(26)8-9-17-24-19(25-28-17)11-4-2-3-5-13(11)20/h2-7H,8-10H2,1H3,(H,23,26). The number of ether oxygens (including phenoxy) is 1. The zero-order chi connectivity index (χ0) is 20.1. The van der Waals surface area contributed by atoms with Gasteiger partial charge < -0.3 is 14.6 Å². The van der Waals surface area contributed by atoms with E-state index in [4.69, 9.17) is 9.26 Å². The van der Waals surface area contributed by atoms with Crippen LogP contribution >= 0.6 is 0 Å². The smallest absolute Gasteiger partial charge is 0.227 e. The molecule has 2 aromatic carbocycles. The van der Waals surface area contributed by atoms with Gasteiger partial charge in [-0.2, -0.15) is 4.98 Å². The Morgan fingerprint density at radius 2 is 1.93 bits per heavy atom. The van der Waals surface area contributed by atoms with Crippen molar-refractivity contribution >= 4 is 5.91 Å². The first-order valence-electron chi connectivity index (χ1n) is 8.34. The molecule has 1 N–H and O–H groups in total. The van der Waals surface area contributed by atoms with Gasteiger partial charge >= 0.3 is 0 Å². The van der Waals surface area contributed by atoms with Crippen molar-refractivity contribution < 1.29 is 27.2 Å². The molecular weight excluding hydrogens is 375 g/mol. The SMILES string of the molecule is COc1ccc(F)c(CNC(=O)CCc2nc(-c3ccccc3F)no2)c1F. The van der Waals surface area contributed by atoms with Crippen LogP contribution in [0.4, 0.5) is 13.2 Å². The average Bonchev–Trinajstić information content (AvgIpc) is 3.15. The molecule has 0 atom stereocenters. The molecule has 1 amide bonds. The molecule has 1 heterocycles. The van der Waals surface area contributed by atoms with Crippen LogP contribution in [0.25, 0.3) is 11.4 Å². The fourth-order valence-corrected chi connectivity index (χ4v) is 2.50. The summed E-state index contributed by atoms with van der Waals surface area (Å²) in [6.45, 7) is -0.335. The number of carbonyl (C=O) groups excluding carboxylic acids is 1. The summed E-state index contributed by atoms with van der Waals surface area (Å²) in [6, 6.07) is 8.19. The van der Waals surface area contributed by atoms with Crippen molar-refractivity contribution in [3.8, 4) is 17.1 Å². The first kappa shape index (κ1) is 19.4. The molecule has 3 aromatic rings. The average molecular weight is 391 g/mol. The van der Waals surface area contributed by atoms with Crippen LogP contribution < -0.4 is 10.1 Å². The second-order valence-electron chi connectivity index (χ2n) is 5.81. The van der Waals surface area contributed by atoms with Crippen LogP contribution in [-0.4, -0.2) is 23.2 Å². The maximum atomic E-state index is 14.1. The van der Waals surface area contributed by atoms with E-state index < -0.39 is 23.4 Å². The van der Waals surface area contributed by atoms with Gasteiger partial charge in [0.1, 0.15) is 11.6 Å². The number of amides is 1. The van der Waals surface area contributed by atoms with Crippen molar-refractivity contribution in [2.75, 3.05) is 7.11 Å². The van der Waals surface area contributed by atoms with Crippen LogP contribution in [0.1, 0.15) is 17.9 Å². The molecule has 0 bridgehead atoms. The number of rotatable bonds is 7. The Morgan fingerprint density at radius 3 is 2.68 bits per heavy atom. The van der Waals surface area contributed by atoms with Gasteiger partial charge in [-0.1, -0.05) is 17.3 Å². The monoisotopic (exact) mass is 391 g/mol. The zero-order valence-electron chi connectivity index (χ0n) is 14.8. The highest BCUT2D eigenvalue weighted by atomic mass is 19.1. The highest BCUT2D eigenvalue weighted by Crippen LogP contribution is 2.23. The number of aryl methyl sites for hydroxylation is 1. The van der Waals surface area contributed by atoms with Crippen molar-refractivity contribution in [1.29, 1.82) is 0 Å². The van der Waals surface area contributed by atoms with E-state index in [1.54, 1.807) is 6.07 Å². The molecule has 146 valence electrons.